The summed E-state index contributed by atoms with van der Waals surface area (Å²) < 4.78 is 11.3. The van der Waals surface area contributed by atoms with Gasteiger partial charge < -0.3 is 8.94 Å². The second-order valence-corrected chi connectivity index (χ2v) is 6.23. The Hall–Kier alpha value is -2.43. The van der Waals surface area contributed by atoms with Gasteiger partial charge >= 0.3 is 0 Å². The van der Waals surface area contributed by atoms with Crippen LogP contribution in [0.2, 0.25) is 0 Å². The molecule has 0 amide bonds. The molecule has 23 heavy (non-hydrogen) atoms. The van der Waals surface area contributed by atoms with E-state index in [0.29, 0.717) is 23.4 Å². The molecular formula is C18H19N3O2. The van der Waals surface area contributed by atoms with Crippen molar-refractivity contribution in [3.8, 4) is 23.0 Å². The minimum Gasteiger partial charge on any atom is -0.414 e. The van der Waals surface area contributed by atoms with E-state index in [9.17, 15) is 0 Å². The third kappa shape index (κ3) is 2.91. The number of aryl methyl sites for hydroxylation is 1. The van der Waals surface area contributed by atoms with Crippen molar-refractivity contribution in [1.29, 1.82) is 0 Å². The van der Waals surface area contributed by atoms with Crippen molar-refractivity contribution in [2.75, 3.05) is 0 Å². The van der Waals surface area contributed by atoms with E-state index in [2.05, 4.69) is 15.4 Å². The highest BCUT2D eigenvalue weighted by atomic mass is 16.5. The Morgan fingerprint density at radius 2 is 1.70 bits per heavy atom. The first-order chi connectivity index (χ1) is 11.3. The molecular weight excluding hydrogens is 290 g/mol. The molecule has 0 atom stereocenters. The summed E-state index contributed by atoms with van der Waals surface area (Å²) in [5.74, 6) is 2.33. The molecule has 5 heteroatoms. The number of hydrogen-bond donors (Lipinski definition) is 0. The van der Waals surface area contributed by atoms with E-state index in [1.807, 2.05) is 37.3 Å². The third-order valence-corrected chi connectivity index (χ3v) is 4.48. The molecule has 0 saturated heterocycles. The Balaban J connectivity index is 1.57. The summed E-state index contributed by atoms with van der Waals surface area (Å²) in [5, 5.41) is 12.3. The first-order valence-corrected chi connectivity index (χ1v) is 8.17. The molecule has 118 valence electrons. The van der Waals surface area contributed by atoms with Crippen molar-refractivity contribution < 1.29 is 8.94 Å². The minimum absolute atomic E-state index is 0.409. The first kappa shape index (κ1) is 14.2. The number of aromatic nitrogens is 3. The van der Waals surface area contributed by atoms with Crippen LogP contribution in [0.4, 0.5) is 0 Å². The van der Waals surface area contributed by atoms with Gasteiger partial charge in [-0.3, -0.25) is 0 Å². The average molecular weight is 309 g/mol. The molecule has 1 aromatic carbocycles. The van der Waals surface area contributed by atoms with Gasteiger partial charge in [-0.05, 0) is 31.9 Å². The summed E-state index contributed by atoms with van der Waals surface area (Å²) in [6, 6.07) is 9.95. The van der Waals surface area contributed by atoms with Gasteiger partial charge in [0.1, 0.15) is 5.76 Å². The van der Waals surface area contributed by atoms with Crippen LogP contribution in [0.3, 0.4) is 0 Å². The molecule has 4 rings (SSSR count). The summed E-state index contributed by atoms with van der Waals surface area (Å²) in [4.78, 5) is 0. The molecule has 5 nitrogen and oxygen atoms in total. The van der Waals surface area contributed by atoms with E-state index in [1.54, 1.807) is 0 Å². The van der Waals surface area contributed by atoms with Crippen molar-refractivity contribution in [1.82, 2.24) is 15.4 Å². The maximum atomic E-state index is 5.75. The summed E-state index contributed by atoms with van der Waals surface area (Å²) in [6.45, 7) is 2.05. The van der Waals surface area contributed by atoms with E-state index in [-0.39, 0.29) is 0 Å². The normalized spacial score (nSPS) is 15.9. The van der Waals surface area contributed by atoms with Crippen LogP contribution >= 0.6 is 0 Å². The highest BCUT2D eigenvalue weighted by Crippen LogP contribution is 2.34. The van der Waals surface area contributed by atoms with Crippen molar-refractivity contribution in [2.45, 2.75) is 44.9 Å². The fourth-order valence-electron chi connectivity index (χ4n) is 3.11. The summed E-state index contributed by atoms with van der Waals surface area (Å²) in [6.07, 6.45) is 6.19. The highest BCUT2D eigenvalue weighted by Gasteiger charge is 2.22. The third-order valence-electron chi connectivity index (χ3n) is 4.48. The minimum atomic E-state index is 0.409. The van der Waals surface area contributed by atoms with Crippen LogP contribution in [0.15, 0.2) is 39.3 Å². The average Bonchev–Trinajstić information content (AvgIpc) is 3.26. The highest BCUT2D eigenvalue weighted by molar-refractivity contribution is 5.56. The smallest absolute Gasteiger partial charge is 0.270 e. The Kier molecular flexibility index (Phi) is 3.69. The first-order valence-electron chi connectivity index (χ1n) is 8.17. The van der Waals surface area contributed by atoms with Crippen LogP contribution in [-0.4, -0.2) is 15.4 Å². The van der Waals surface area contributed by atoms with Crippen molar-refractivity contribution >= 4 is 0 Å². The number of benzene rings is 1. The second-order valence-electron chi connectivity index (χ2n) is 6.23. The molecule has 1 aliphatic carbocycles. The van der Waals surface area contributed by atoms with Gasteiger partial charge in [0.05, 0.1) is 0 Å². The maximum absolute atomic E-state index is 5.75. The standard InChI is InChI=1S/C18H19N3O2/c1-12-7-9-14(10-8-12)17-19-20-18(22-17)15-11-16(23-21-15)13-5-3-2-4-6-13/h7-11,13H,2-6H2,1H3. The molecule has 1 aliphatic rings. The second kappa shape index (κ2) is 5.99. The fraction of sp³-hybridized carbons (Fsp3) is 0.389. The monoisotopic (exact) mass is 309 g/mol. The zero-order valence-corrected chi connectivity index (χ0v) is 13.2. The lowest BCUT2D eigenvalue weighted by molar-refractivity contribution is 0.321. The number of rotatable bonds is 3. The van der Waals surface area contributed by atoms with Gasteiger partial charge in [0, 0.05) is 17.5 Å². The van der Waals surface area contributed by atoms with E-state index >= 15 is 0 Å². The predicted octanol–water partition coefficient (Wildman–Crippen LogP) is 4.75. The van der Waals surface area contributed by atoms with Gasteiger partial charge in [0.15, 0.2) is 5.69 Å². The molecule has 0 spiro atoms. The molecule has 1 saturated carbocycles. The number of nitrogens with zero attached hydrogens (tertiary/aromatic N) is 3. The van der Waals surface area contributed by atoms with Crippen molar-refractivity contribution in [3.63, 3.8) is 0 Å². The zero-order chi connectivity index (χ0) is 15.6. The zero-order valence-electron chi connectivity index (χ0n) is 13.2. The Morgan fingerprint density at radius 1 is 0.957 bits per heavy atom. The van der Waals surface area contributed by atoms with Crippen LogP contribution in [0.5, 0.6) is 0 Å². The van der Waals surface area contributed by atoms with Crippen LogP contribution < -0.4 is 0 Å². The Bertz CT molecular complexity index is 783. The molecule has 2 heterocycles. The molecule has 0 N–H and O–H groups in total. The lowest BCUT2D eigenvalue weighted by Crippen LogP contribution is -2.02. The predicted molar refractivity (Wildman–Crippen MR) is 85.8 cm³/mol. The van der Waals surface area contributed by atoms with Gasteiger partial charge in [-0.1, -0.05) is 42.1 Å². The van der Waals surface area contributed by atoms with Crippen LogP contribution in [0, 0.1) is 6.92 Å². The van der Waals surface area contributed by atoms with Gasteiger partial charge in [-0.15, -0.1) is 10.2 Å². The van der Waals surface area contributed by atoms with Gasteiger partial charge in [0.2, 0.25) is 5.89 Å². The molecule has 2 aromatic heterocycles. The van der Waals surface area contributed by atoms with E-state index in [1.165, 1.54) is 37.7 Å². The Morgan fingerprint density at radius 3 is 2.48 bits per heavy atom. The van der Waals surface area contributed by atoms with Crippen molar-refractivity contribution in [2.24, 2.45) is 0 Å². The SMILES string of the molecule is Cc1ccc(-c2nnc(-c3cc(C4CCCCC4)on3)o2)cc1. The van der Waals surface area contributed by atoms with Crippen LogP contribution in [0.25, 0.3) is 23.0 Å². The largest absolute Gasteiger partial charge is 0.414 e. The molecule has 1 fully saturated rings. The van der Waals surface area contributed by atoms with E-state index in [0.717, 1.165) is 11.3 Å². The topological polar surface area (TPSA) is 65.0 Å². The maximum Gasteiger partial charge on any atom is 0.270 e. The fourth-order valence-corrected chi connectivity index (χ4v) is 3.11. The molecule has 0 unspecified atom stereocenters. The lowest BCUT2D eigenvalue weighted by atomic mass is 9.87. The Labute approximate surface area is 134 Å². The molecule has 0 radical (unpaired) electrons. The summed E-state index contributed by atoms with van der Waals surface area (Å²) in [7, 11) is 0. The van der Waals surface area contributed by atoms with Crippen molar-refractivity contribution in [3.05, 3.63) is 41.7 Å². The summed E-state index contributed by atoms with van der Waals surface area (Å²) in [5.41, 5.74) is 2.73. The molecule has 3 aromatic rings. The van der Waals surface area contributed by atoms with Gasteiger partial charge in [-0.2, -0.15) is 0 Å². The van der Waals surface area contributed by atoms with Crippen LogP contribution in [-0.2, 0) is 0 Å². The summed E-state index contributed by atoms with van der Waals surface area (Å²) >= 11 is 0. The van der Waals surface area contributed by atoms with Gasteiger partial charge in [-0.25, -0.2) is 0 Å². The molecule has 0 aliphatic heterocycles. The lowest BCUT2D eigenvalue weighted by Gasteiger charge is -2.18. The number of hydrogen-bond acceptors (Lipinski definition) is 5. The molecule has 0 bridgehead atoms. The van der Waals surface area contributed by atoms with Crippen LogP contribution in [0.1, 0.15) is 49.3 Å². The van der Waals surface area contributed by atoms with E-state index < -0.39 is 0 Å². The van der Waals surface area contributed by atoms with Gasteiger partial charge in [0.25, 0.3) is 5.89 Å². The van der Waals surface area contributed by atoms with E-state index in [4.69, 9.17) is 8.94 Å². The quantitative estimate of drug-likeness (QED) is 0.698.